The van der Waals surface area contributed by atoms with Crippen LogP contribution < -0.4 is 10.7 Å². The third-order valence-corrected chi connectivity index (χ3v) is 8.61. The van der Waals surface area contributed by atoms with Crippen molar-refractivity contribution in [3.8, 4) is 0 Å². The maximum absolute atomic E-state index is 13.2. The molecule has 2 N–H and O–H groups in total. The quantitative estimate of drug-likeness (QED) is 0.653. The molecule has 0 radical (unpaired) electrons. The second-order valence-electron chi connectivity index (χ2n) is 11.5. The third kappa shape index (κ3) is 5.03. The van der Waals surface area contributed by atoms with E-state index in [9.17, 15) is 9.59 Å². The van der Waals surface area contributed by atoms with Crippen molar-refractivity contribution < 1.29 is 14.3 Å². The van der Waals surface area contributed by atoms with Gasteiger partial charge < -0.3 is 19.9 Å². The normalized spacial score (nSPS) is 37.5. The zero-order chi connectivity index (χ0) is 23.1. The first-order valence-electron chi connectivity index (χ1n) is 13.4. The van der Waals surface area contributed by atoms with Crippen molar-refractivity contribution in [2.45, 2.75) is 83.5 Å². The predicted octanol–water partition coefficient (Wildman–Crippen LogP) is 2.06. The van der Waals surface area contributed by atoms with E-state index in [1.54, 1.807) is 0 Å². The van der Waals surface area contributed by atoms with Gasteiger partial charge in [-0.2, -0.15) is 0 Å². The van der Waals surface area contributed by atoms with Gasteiger partial charge in [-0.1, -0.05) is 0 Å². The number of carbonyl (C=O) groups excluding carboxylic acids is 2. The first-order chi connectivity index (χ1) is 15.9. The van der Waals surface area contributed by atoms with Gasteiger partial charge in [0.1, 0.15) is 0 Å². The van der Waals surface area contributed by atoms with Crippen LogP contribution in [-0.2, 0) is 9.53 Å². The number of carbonyl (C=O) groups is 2. The number of hydrogen-bond acceptors (Lipinski definition) is 6. The summed E-state index contributed by atoms with van der Waals surface area (Å²) < 4.78 is 5.65. The zero-order valence-electron chi connectivity index (χ0n) is 20.7. The highest BCUT2D eigenvalue weighted by Gasteiger charge is 2.51. The Morgan fingerprint density at radius 2 is 1.82 bits per heavy atom. The van der Waals surface area contributed by atoms with Crippen LogP contribution in [0, 0.1) is 23.7 Å². The molecule has 4 unspecified atom stereocenters. The lowest BCUT2D eigenvalue weighted by atomic mass is 9.73. The molecule has 2 saturated carbocycles. The Bertz CT molecular complexity index is 723. The van der Waals surface area contributed by atoms with Crippen molar-refractivity contribution in [2.24, 2.45) is 23.7 Å². The van der Waals surface area contributed by atoms with Crippen molar-refractivity contribution in [1.82, 2.24) is 25.6 Å². The standard InChI is InChI=1S/C25H43N5O3/c1-16(2)33-25(32)29-13-17(3)30(24(31)19-4-5-19)22-7-6-20(10-23(22)29)21-12-27-28(15-21)14-18-8-9-26-11-18/h16-23,26-27H,4-15H2,1-3H3/t17-,18+,20?,21?,22?,23?/m0/s1. The Morgan fingerprint density at radius 1 is 1.00 bits per heavy atom. The molecule has 0 aromatic carbocycles. The smallest absolute Gasteiger partial charge is 0.410 e. The molecule has 0 spiro atoms. The van der Waals surface area contributed by atoms with Crippen LogP contribution in [0.25, 0.3) is 0 Å². The Kier molecular flexibility index (Phi) is 6.87. The maximum atomic E-state index is 13.2. The summed E-state index contributed by atoms with van der Waals surface area (Å²) >= 11 is 0. The predicted molar refractivity (Wildman–Crippen MR) is 126 cm³/mol. The van der Waals surface area contributed by atoms with E-state index in [2.05, 4.69) is 27.6 Å². The Balaban J connectivity index is 1.27. The van der Waals surface area contributed by atoms with Crippen LogP contribution in [0.2, 0.25) is 0 Å². The van der Waals surface area contributed by atoms with Crippen molar-refractivity contribution in [3.05, 3.63) is 0 Å². The van der Waals surface area contributed by atoms with Gasteiger partial charge in [0.25, 0.3) is 0 Å². The van der Waals surface area contributed by atoms with Crippen LogP contribution in [0.4, 0.5) is 4.79 Å². The van der Waals surface area contributed by atoms with E-state index in [0.29, 0.717) is 24.3 Å². The van der Waals surface area contributed by atoms with Crippen molar-refractivity contribution >= 4 is 12.0 Å². The van der Waals surface area contributed by atoms with Crippen LogP contribution >= 0.6 is 0 Å². The monoisotopic (exact) mass is 461 g/mol. The lowest BCUT2D eigenvalue weighted by Crippen LogP contribution is -2.67. The summed E-state index contributed by atoms with van der Waals surface area (Å²) in [4.78, 5) is 30.4. The molecule has 3 aliphatic heterocycles. The molecule has 2 amide bonds. The number of hydrogen-bond donors (Lipinski definition) is 2. The number of piperazine rings is 1. The molecule has 8 heteroatoms. The van der Waals surface area contributed by atoms with Crippen molar-refractivity contribution in [3.63, 3.8) is 0 Å². The van der Waals surface area contributed by atoms with Gasteiger partial charge in [0, 0.05) is 38.1 Å². The number of fused-ring (bicyclic) bond motifs is 1. The molecule has 0 bridgehead atoms. The molecule has 8 nitrogen and oxygen atoms in total. The molecule has 5 aliphatic rings. The Morgan fingerprint density at radius 3 is 2.52 bits per heavy atom. The molecule has 2 aliphatic carbocycles. The summed E-state index contributed by atoms with van der Waals surface area (Å²) in [7, 11) is 0. The third-order valence-electron chi connectivity index (χ3n) is 8.61. The van der Waals surface area contributed by atoms with E-state index < -0.39 is 0 Å². The summed E-state index contributed by atoms with van der Waals surface area (Å²) in [5.74, 6) is 2.47. The summed E-state index contributed by atoms with van der Waals surface area (Å²) in [6.45, 7) is 12.0. The lowest BCUT2D eigenvalue weighted by molar-refractivity contribution is -0.146. The lowest BCUT2D eigenvalue weighted by Gasteiger charge is -2.54. The summed E-state index contributed by atoms with van der Waals surface area (Å²) in [6, 6.07) is 0.258. The minimum atomic E-state index is -0.203. The number of rotatable bonds is 5. The van der Waals surface area contributed by atoms with Gasteiger partial charge >= 0.3 is 6.09 Å². The van der Waals surface area contributed by atoms with E-state index in [1.807, 2.05) is 18.7 Å². The first-order valence-corrected chi connectivity index (χ1v) is 13.4. The van der Waals surface area contributed by atoms with E-state index >= 15 is 0 Å². The maximum Gasteiger partial charge on any atom is 0.410 e. The minimum Gasteiger partial charge on any atom is -0.447 e. The molecule has 3 heterocycles. The fraction of sp³-hybridized carbons (Fsp3) is 0.920. The number of amides is 2. The Labute approximate surface area is 198 Å². The number of ether oxygens (including phenoxy) is 1. The summed E-state index contributed by atoms with van der Waals surface area (Å²) in [5.41, 5.74) is 3.66. The number of nitrogens with one attached hydrogen (secondary N) is 2. The van der Waals surface area contributed by atoms with Crippen molar-refractivity contribution in [2.75, 3.05) is 39.3 Å². The largest absolute Gasteiger partial charge is 0.447 e. The van der Waals surface area contributed by atoms with Crippen LogP contribution in [-0.4, -0.2) is 90.3 Å². The molecule has 0 aromatic rings. The fourth-order valence-electron chi connectivity index (χ4n) is 6.78. The molecule has 6 atom stereocenters. The van der Waals surface area contributed by atoms with Gasteiger partial charge in [0.15, 0.2) is 0 Å². The summed E-state index contributed by atoms with van der Waals surface area (Å²) in [6.07, 6.45) is 6.10. The molecular formula is C25H43N5O3. The topological polar surface area (TPSA) is 77.2 Å². The van der Waals surface area contributed by atoms with E-state index in [-0.39, 0.29) is 36.2 Å². The van der Waals surface area contributed by atoms with Crippen LogP contribution in [0.5, 0.6) is 0 Å². The second kappa shape index (κ2) is 9.70. The number of hydrazine groups is 1. The van der Waals surface area contributed by atoms with E-state index in [0.717, 1.165) is 70.7 Å². The summed E-state index contributed by atoms with van der Waals surface area (Å²) in [5, 5.41) is 5.91. The fourth-order valence-corrected chi connectivity index (χ4v) is 6.78. The Hall–Kier alpha value is -1.38. The molecular weight excluding hydrogens is 418 g/mol. The van der Waals surface area contributed by atoms with Crippen LogP contribution in [0.1, 0.15) is 59.3 Å². The van der Waals surface area contributed by atoms with Gasteiger partial charge in [0.2, 0.25) is 5.91 Å². The van der Waals surface area contributed by atoms with Crippen LogP contribution in [0.3, 0.4) is 0 Å². The average molecular weight is 462 g/mol. The minimum absolute atomic E-state index is 0.0549. The zero-order valence-corrected chi connectivity index (χ0v) is 20.7. The van der Waals surface area contributed by atoms with Crippen molar-refractivity contribution in [1.29, 1.82) is 0 Å². The SMILES string of the molecule is CC(C)OC(=O)N1C[C@H](C)N(C(=O)C2CC2)C2CCC(C3CNN(C[C@@H]4CCNC4)C3)CC21. The molecule has 5 fully saturated rings. The molecule has 186 valence electrons. The number of nitrogens with zero attached hydrogens (tertiary/aromatic N) is 3. The highest BCUT2D eigenvalue weighted by Crippen LogP contribution is 2.42. The van der Waals surface area contributed by atoms with Gasteiger partial charge in [-0.05, 0) is 90.1 Å². The van der Waals surface area contributed by atoms with Gasteiger partial charge in [-0.3, -0.25) is 10.2 Å². The highest BCUT2D eigenvalue weighted by atomic mass is 16.6. The average Bonchev–Trinajstić information content (AvgIpc) is 3.31. The van der Waals surface area contributed by atoms with E-state index in [4.69, 9.17) is 4.74 Å². The molecule has 3 saturated heterocycles. The van der Waals surface area contributed by atoms with E-state index in [1.165, 1.54) is 6.42 Å². The van der Waals surface area contributed by atoms with Gasteiger partial charge in [-0.25, -0.2) is 9.80 Å². The molecule has 5 rings (SSSR count). The molecule has 33 heavy (non-hydrogen) atoms. The molecule has 0 aromatic heterocycles. The first kappa shape index (κ1) is 23.4. The van der Waals surface area contributed by atoms with Gasteiger partial charge in [-0.15, -0.1) is 0 Å². The van der Waals surface area contributed by atoms with Gasteiger partial charge in [0.05, 0.1) is 18.2 Å². The second-order valence-corrected chi connectivity index (χ2v) is 11.5. The van der Waals surface area contributed by atoms with Crippen LogP contribution in [0.15, 0.2) is 0 Å². The highest BCUT2D eigenvalue weighted by molar-refractivity contribution is 5.82.